The number of aromatic nitrogens is 2. The highest BCUT2D eigenvalue weighted by molar-refractivity contribution is 5.02. The zero-order valence-electron chi connectivity index (χ0n) is 12.1. The fourth-order valence-corrected chi connectivity index (χ4v) is 1.83. The van der Waals surface area contributed by atoms with Crippen LogP contribution in [0.3, 0.4) is 0 Å². The van der Waals surface area contributed by atoms with Crippen molar-refractivity contribution in [2.45, 2.75) is 65.8 Å². The van der Waals surface area contributed by atoms with E-state index in [9.17, 15) is 0 Å². The molecule has 0 fully saturated rings. The monoisotopic (exact) mass is 246 g/mol. The SMILES string of the molecule is CCc1cnn(CCCCCCC#CC(C)C)c1. The Labute approximate surface area is 112 Å². The normalized spacial score (nSPS) is 10.4. The molecule has 2 nitrogen and oxygen atoms in total. The summed E-state index contributed by atoms with van der Waals surface area (Å²) in [6.07, 6.45) is 11.3. The van der Waals surface area contributed by atoms with Crippen molar-refractivity contribution in [2.75, 3.05) is 0 Å². The molecule has 2 heteroatoms. The van der Waals surface area contributed by atoms with Crippen molar-refractivity contribution >= 4 is 0 Å². The summed E-state index contributed by atoms with van der Waals surface area (Å²) in [7, 11) is 0. The van der Waals surface area contributed by atoms with Gasteiger partial charge < -0.3 is 0 Å². The van der Waals surface area contributed by atoms with Gasteiger partial charge in [-0.3, -0.25) is 4.68 Å². The zero-order chi connectivity index (χ0) is 13.2. The van der Waals surface area contributed by atoms with Gasteiger partial charge in [0.25, 0.3) is 0 Å². The quantitative estimate of drug-likeness (QED) is 0.524. The van der Waals surface area contributed by atoms with E-state index in [-0.39, 0.29) is 0 Å². The molecule has 1 aromatic heterocycles. The highest BCUT2D eigenvalue weighted by Crippen LogP contribution is 2.05. The molecule has 0 aromatic carbocycles. The van der Waals surface area contributed by atoms with Crippen molar-refractivity contribution in [1.29, 1.82) is 0 Å². The molecule has 0 bridgehead atoms. The lowest BCUT2D eigenvalue weighted by Gasteiger charge is -2.00. The minimum atomic E-state index is 0.512. The lowest BCUT2D eigenvalue weighted by molar-refractivity contribution is 0.537. The van der Waals surface area contributed by atoms with Crippen LogP contribution in [0.1, 0.15) is 58.4 Å². The predicted molar refractivity (Wildman–Crippen MR) is 77.3 cm³/mol. The van der Waals surface area contributed by atoms with E-state index >= 15 is 0 Å². The number of nitrogens with zero attached hydrogens (tertiary/aromatic N) is 2. The first-order chi connectivity index (χ1) is 8.72. The highest BCUT2D eigenvalue weighted by atomic mass is 15.3. The van der Waals surface area contributed by atoms with E-state index < -0.39 is 0 Å². The lowest BCUT2D eigenvalue weighted by atomic mass is 10.1. The molecule has 0 atom stereocenters. The Balaban J connectivity index is 2.01. The van der Waals surface area contributed by atoms with Gasteiger partial charge in [-0.25, -0.2) is 0 Å². The summed E-state index contributed by atoms with van der Waals surface area (Å²) in [5.41, 5.74) is 1.33. The molecule has 0 aliphatic carbocycles. The van der Waals surface area contributed by atoms with Gasteiger partial charge in [-0.15, -0.1) is 11.8 Å². The number of hydrogen-bond acceptors (Lipinski definition) is 1. The summed E-state index contributed by atoms with van der Waals surface area (Å²) in [6.45, 7) is 7.50. The van der Waals surface area contributed by atoms with E-state index in [1.807, 2.05) is 6.20 Å². The van der Waals surface area contributed by atoms with Crippen LogP contribution in [0.25, 0.3) is 0 Å². The number of unbranched alkanes of at least 4 members (excludes halogenated alkanes) is 4. The molecule has 1 aromatic rings. The fourth-order valence-electron chi connectivity index (χ4n) is 1.83. The summed E-state index contributed by atoms with van der Waals surface area (Å²) < 4.78 is 2.07. The Bertz CT molecular complexity index is 379. The number of hydrogen-bond donors (Lipinski definition) is 0. The van der Waals surface area contributed by atoms with E-state index in [0.29, 0.717) is 5.92 Å². The Morgan fingerprint density at radius 3 is 2.67 bits per heavy atom. The molecule has 18 heavy (non-hydrogen) atoms. The van der Waals surface area contributed by atoms with E-state index in [2.05, 4.69) is 48.6 Å². The molecule has 0 unspecified atom stereocenters. The second-order valence-corrected chi connectivity index (χ2v) is 5.11. The average Bonchev–Trinajstić information content (AvgIpc) is 2.80. The molecule has 1 heterocycles. The van der Waals surface area contributed by atoms with Crippen molar-refractivity contribution in [1.82, 2.24) is 9.78 Å². The second kappa shape index (κ2) is 8.80. The number of aryl methyl sites for hydroxylation is 2. The van der Waals surface area contributed by atoms with Crippen LogP contribution in [0, 0.1) is 17.8 Å². The minimum Gasteiger partial charge on any atom is -0.272 e. The average molecular weight is 246 g/mol. The molecule has 0 N–H and O–H groups in total. The summed E-state index contributed by atoms with van der Waals surface area (Å²) in [6, 6.07) is 0. The Morgan fingerprint density at radius 2 is 2.00 bits per heavy atom. The Kier molecular flexibility index (Phi) is 7.25. The van der Waals surface area contributed by atoms with Crippen molar-refractivity contribution < 1.29 is 0 Å². The third-order valence-electron chi connectivity index (χ3n) is 2.92. The minimum absolute atomic E-state index is 0.512. The number of rotatable bonds is 7. The molecular formula is C16H26N2. The maximum atomic E-state index is 4.35. The Morgan fingerprint density at radius 1 is 1.22 bits per heavy atom. The molecular weight excluding hydrogens is 220 g/mol. The van der Waals surface area contributed by atoms with Gasteiger partial charge in [0.15, 0.2) is 0 Å². The van der Waals surface area contributed by atoms with Crippen LogP contribution in [-0.4, -0.2) is 9.78 Å². The Hall–Kier alpha value is -1.23. The third-order valence-corrected chi connectivity index (χ3v) is 2.92. The lowest BCUT2D eigenvalue weighted by Crippen LogP contribution is -1.97. The molecule has 0 radical (unpaired) electrons. The van der Waals surface area contributed by atoms with Crippen molar-refractivity contribution in [3.8, 4) is 11.8 Å². The van der Waals surface area contributed by atoms with Crippen LogP contribution < -0.4 is 0 Å². The van der Waals surface area contributed by atoms with Crippen molar-refractivity contribution in [2.24, 2.45) is 5.92 Å². The van der Waals surface area contributed by atoms with Gasteiger partial charge in [-0.2, -0.15) is 5.10 Å². The summed E-state index contributed by atoms with van der Waals surface area (Å²) in [4.78, 5) is 0. The van der Waals surface area contributed by atoms with Crippen LogP contribution in [0.2, 0.25) is 0 Å². The second-order valence-electron chi connectivity index (χ2n) is 5.11. The van der Waals surface area contributed by atoms with Crippen LogP contribution in [-0.2, 0) is 13.0 Å². The highest BCUT2D eigenvalue weighted by Gasteiger charge is 1.96. The fraction of sp³-hybridized carbons (Fsp3) is 0.688. The maximum absolute atomic E-state index is 4.35. The topological polar surface area (TPSA) is 17.8 Å². The summed E-state index contributed by atoms with van der Waals surface area (Å²) in [5, 5.41) is 4.35. The van der Waals surface area contributed by atoms with Gasteiger partial charge in [-0.1, -0.05) is 33.6 Å². The molecule has 0 amide bonds. The van der Waals surface area contributed by atoms with Crippen molar-refractivity contribution in [3.05, 3.63) is 18.0 Å². The molecule has 100 valence electrons. The summed E-state index contributed by atoms with van der Waals surface area (Å²) in [5.74, 6) is 6.96. The first-order valence-corrected chi connectivity index (χ1v) is 7.22. The van der Waals surface area contributed by atoms with Crippen molar-refractivity contribution in [3.63, 3.8) is 0 Å². The van der Waals surface area contributed by atoms with E-state index in [4.69, 9.17) is 0 Å². The molecule has 0 aliphatic rings. The smallest absolute Gasteiger partial charge is 0.0521 e. The first kappa shape index (κ1) is 14.8. The standard InChI is InChI=1S/C16H26N2/c1-4-16-13-17-18(14-16)12-10-8-6-5-7-9-11-15(2)3/h13-15H,4-8,10,12H2,1-3H3. The van der Waals surface area contributed by atoms with Gasteiger partial charge in [0.1, 0.15) is 0 Å². The molecule has 0 saturated heterocycles. The zero-order valence-corrected chi connectivity index (χ0v) is 12.1. The van der Waals surface area contributed by atoms with Crippen LogP contribution >= 0.6 is 0 Å². The molecule has 0 saturated carbocycles. The van der Waals surface area contributed by atoms with Gasteiger partial charge in [0.2, 0.25) is 0 Å². The van der Waals surface area contributed by atoms with Crippen LogP contribution in [0.15, 0.2) is 12.4 Å². The summed E-state index contributed by atoms with van der Waals surface area (Å²) >= 11 is 0. The maximum Gasteiger partial charge on any atom is 0.0521 e. The molecule has 0 aliphatic heterocycles. The van der Waals surface area contributed by atoms with Gasteiger partial charge in [0.05, 0.1) is 6.20 Å². The van der Waals surface area contributed by atoms with Crippen LogP contribution in [0.4, 0.5) is 0 Å². The van der Waals surface area contributed by atoms with E-state index in [1.165, 1.54) is 31.2 Å². The third kappa shape index (κ3) is 6.49. The van der Waals surface area contributed by atoms with E-state index in [0.717, 1.165) is 19.4 Å². The van der Waals surface area contributed by atoms with Gasteiger partial charge >= 0.3 is 0 Å². The van der Waals surface area contributed by atoms with Gasteiger partial charge in [-0.05, 0) is 24.8 Å². The van der Waals surface area contributed by atoms with Gasteiger partial charge in [0, 0.05) is 25.1 Å². The van der Waals surface area contributed by atoms with Crippen LogP contribution in [0.5, 0.6) is 0 Å². The first-order valence-electron chi connectivity index (χ1n) is 7.22. The van der Waals surface area contributed by atoms with E-state index in [1.54, 1.807) is 0 Å². The molecule has 1 rings (SSSR count). The largest absolute Gasteiger partial charge is 0.272 e. The predicted octanol–water partition coefficient (Wildman–Crippen LogP) is 4.06. The molecule has 0 spiro atoms.